The molecule has 3 heteroatoms. The van der Waals surface area contributed by atoms with Crippen molar-refractivity contribution in [3.8, 4) is 0 Å². The lowest BCUT2D eigenvalue weighted by Crippen LogP contribution is -2.16. The molecule has 0 fully saturated rings. The molecule has 0 N–H and O–H groups in total. The molecule has 14 heavy (non-hydrogen) atoms. The molecule has 0 amide bonds. The summed E-state index contributed by atoms with van der Waals surface area (Å²) < 4.78 is 10.3. The van der Waals surface area contributed by atoms with Crippen molar-refractivity contribution in [1.29, 1.82) is 0 Å². The van der Waals surface area contributed by atoms with Gasteiger partial charge in [0.1, 0.15) is 0 Å². The standard InChI is InChI=1S/C11H15ClO2/c1-8-4-5-10(12)6-9(8)7-11(13-2)14-3/h4-6,11H,7H2,1-3H3. The minimum absolute atomic E-state index is 0.202. The molecule has 0 unspecified atom stereocenters. The van der Waals surface area contributed by atoms with E-state index in [0.717, 1.165) is 17.0 Å². The van der Waals surface area contributed by atoms with Crippen molar-refractivity contribution < 1.29 is 9.47 Å². The Morgan fingerprint density at radius 3 is 2.50 bits per heavy atom. The molecular formula is C11H15ClO2. The zero-order valence-electron chi connectivity index (χ0n) is 8.71. The van der Waals surface area contributed by atoms with Crippen molar-refractivity contribution in [2.24, 2.45) is 0 Å². The van der Waals surface area contributed by atoms with E-state index in [2.05, 4.69) is 0 Å². The van der Waals surface area contributed by atoms with Crippen LogP contribution in [0.15, 0.2) is 18.2 Å². The van der Waals surface area contributed by atoms with Gasteiger partial charge in [0, 0.05) is 25.7 Å². The van der Waals surface area contributed by atoms with Crippen LogP contribution in [-0.2, 0) is 15.9 Å². The first-order chi connectivity index (χ1) is 6.67. The van der Waals surface area contributed by atoms with Crippen molar-refractivity contribution in [3.63, 3.8) is 0 Å². The Morgan fingerprint density at radius 2 is 1.93 bits per heavy atom. The third kappa shape index (κ3) is 2.98. The molecule has 0 saturated heterocycles. The minimum atomic E-state index is -0.202. The highest BCUT2D eigenvalue weighted by atomic mass is 35.5. The molecule has 0 atom stereocenters. The lowest BCUT2D eigenvalue weighted by molar-refractivity contribution is -0.100. The van der Waals surface area contributed by atoms with Gasteiger partial charge in [0.25, 0.3) is 0 Å². The number of methoxy groups -OCH3 is 2. The fourth-order valence-corrected chi connectivity index (χ4v) is 1.50. The summed E-state index contributed by atoms with van der Waals surface area (Å²) in [6.07, 6.45) is 0.520. The Bertz CT molecular complexity index is 295. The Morgan fingerprint density at radius 1 is 1.29 bits per heavy atom. The molecule has 0 heterocycles. The third-order valence-corrected chi connectivity index (χ3v) is 2.46. The zero-order chi connectivity index (χ0) is 10.6. The number of benzene rings is 1. The van der Waals surface area contributed by atoms with Crippen LogP contribution in [0.4, 0.5) is 0 Å². The van der Waals surface area contributed by atoms with Crippen LogP contribution in [0.25, 0.3) is 0 Å². The summed E-state index contributed by atoms with van der Waals surface area (Å²) in [5, 5.41) is 0.747. The smallest absolute Gasteiger partial charge is 0.160 e. The second kappa shape index (κ2) is 5.35. The molecular weight excluding hydrogens is 200 g/mol. The molecule has 0 aliphatic heterocycles. The number of aryl methyl sites for hydroxylation is 1. The number of halogens is 1. The van der Waals surface area contributed by atoms with E-state index in [0.29, 0.717) is 0 Å². The van der Waals surface area contributed by atoms with Gasteiger partial charge in [-0.2, -0.15) is 0 Å². The van der Waals surface area contributed by atoms with Gasteiger partial charge in [0.2, 0.25) is 0 Å². The quantitative estimate of drug-likeness (QED) is 0.718. The van der Waals surface area contributed by atoms with Gasteiger partial charge in [0.05, 0.1) is 0 Å². The van der Waals surface area contributed by atoms with E-state index in [1.165, 1.54) is 5.56 Å². The maximum atomic E-state index is 5.91. The molecule has 2 nitrogen and oxygen atoms in total. The van der Waals surface area contributed by atoms with Gasteiger partial charge in [0.15, 0.2) is 6.29 Å². The van der Waals surface area contributed by atoms with E-state index in [4.69, 9.17) is 21.1 Å². The van der Waals surface area contributed by atoms with Gasteiger partial charge >= 0.3 is 0 Å². The molecule has 0 aliphatic rings. The Hall–Kier alpha value is -0.570. The topological polar surface area (TPSA) is 18.5 Å². The summed E-state index contributed by atoms with van der Waals surface area (Å²) in [6.45, 7) is 2.05. The van der Waals surface area contributed by atoms with E-state index in [9.17, 15) is 0 Å². The fourth-order valence-electron chi connectivity index (χ4n) is 1.30. The first-order valence-corrected chi connectivity index (χ1v) is 4.85. The first kappa shape index (κ1) is 11.5. The van der Waals surface area contributed by atoms with Crippen LogP contribution in [-0.4, -0.2) is 20.5 Å². The number of ether oxygens (including phenoxy) is 2. The molecule has 0 aromatic heterocycles. The highest BCUT2D eigenvalue weighted by Crippen LogP contribution is 2.17. The van der Waals surface area contributed by atoms with Crippen molar-refractivity contribution in [2.75, 3.05) is 14.2 Å². The zero-order valence-corrected chi connectivity index (χ0v) is 9.47. The highest BCUT2D eigenvalue weighted by molar-refractivity contribution is 6.30. The molecule has 1 rings (SSSR count). The van der Waals surface area contributed by atoms with Gasteiger partial charge in [-0.3, -0.25) is 0 Å². The van der Waals surface area contributed by atoms with Crippen molar-refractivity contribution in [2.45, 2.75) is 19.6 Å². The second-order valence-electron chi connectivity index (χ2n) is 3.18. The monoisotopic (exact) mass is 214 g/mol. The normalized spacial score (nSPS) is 10.9. The highest BCUT2D eigenvalue weighted by Gasteiger charge is 2.08. The van der Waals surface area contributed by atoms with Crippen LogP contribution in [0.3, 0.4) is 0 Å². The number of hydrogen-bond donors (Lipinski definition) is 0. The predicted molar refractivity (Wildman–Crippen MR) is 57.7 cm³/mol. The number of rotatable bonds is 4. The maximum Gasteiger partial charge on any atom is 0.160 e. The first-order valence-electron chi connectivity index (χ1n) is 4.48. The summed E-state index contributed by atoms with van der Waals surface area (Å²) in [6, 6.07) is 5.83. The van der Waals surface area contributed by atoms with Gasteiger partial charge < -0.3 is 9.47 Å². The van der Waals surface area contributed by atoms with Crippen LogP contribution in [0.2, 0.25) is 5.02 Å². The van der Waals surface area contributed by atoms with E-state index in [1.807, 2.05) is 25.1 Å². The average molecular weight is 215 g/mol. The average Bonchev–Trinajstić information content (AvgIpc) is 2.19. The third-order valence-electron chi connectivity index (χ3n) is 2.22. The number of hydrogen-bond acceptors (Lipinski definition) is 2. The van der Waals surface area contributed by atoms with Crippen LogP contribution in [0, 0.1) is 6.92 Å². The van der Waals surface area contributed by atoms with Crippen molar-refractivity contribution in [3.05, 3.63) is 34.3 Å². The second-order valence-corrected chi connectivity index (χ2v) is 3.61. The largest absolute Gasteiger partial charge is 0.356 e. The van der Waals surface area contributed by atoms with Crippen LogP contribution >= 0.6 is 11.6 Å². The Balaban J connectivity index is 2.79. The lowest BCUT2D eigenvalue weighted by Gasteiger charge is -2.14. The van der Waals surface area contributed by atoms with Gasteiger partial charge in [-0.25, -0.2) is 0 Å². The maximum absolute atomic E-state index is 5.91. The summed E-state index contributed by atoms with van der Waals surface area (Å²) in [5.74, 6) is 0. The molecule has 1 aromatic carbocycles. The van der Waals surface area contributed by atoms with E-state index in [-0.39, 0.29) is 6.29 Å². The van der Waals surface area contributed by atoms with E-state index in [1.54, 1.807) is 14.2 Å². The molecule has 0 saturated carbocycles. The SMILES string of the molecule is COC(Cc1cc(Cl)ccc1C)OC. The predicted octanol–water partition coefficient (Wildman–Crippen LogP) is 2.81. The molecule has 0 aliphatic carbocycles. The molecule has 1 aromatic rings. The molecule has 0 radical (unpaired) electrons. The van der Waals surface area contributed by atoms with Crippen LogP contribution < -0.4 is 0 Å². The van der Waals surface area contributed by atoms with Crippen LogP contribution in [0.1, 0.15) is 11.1 Å². The Labute approximate surface area is 89.8 Å². The molecule has 0 spiro atoms. The molecule has 78 valence electrons. The Kier molecular flexibility index (Phi) is 4.39. The molecule has 0 bridgehead atoms. The van der Waals surface area contributed by atoms with Crippen molar-refractivity contribution >= 4 is 11.6 Å². The summed E-state index contributed by atoms with van der Waals surface area (Å²) in [4.78, 5) is 0. The van der Waals surface area contributed by atoms with E-state index >= 15 is 0 Å². The lowest BCUT2D eigenvalue weighted by atomic mass is 10.1. The summed E-state index contributed by atoms with van der Waals surface area (Å²) in [5.41, 5.74) is 2.36. The summed E-state index contributed by atoms with van der Waals surface area (Å²) in [7, 11) is 3.27. The fraction of sp³-hybridized carbons (Fsp3) is 0.455. The summed E-state index contributed by atoms with van der Waals surface area (Å²) >= 11 is 5.91. The van der Waals surface area contributed by atoms with Crippen LogP contribution in [0.5, 0.6) is 0 Å². The van der Waals surface area contributed by atoms with Gasteiger partial charge in [-0.1, -0.05) is 17.7 Å². The minimum Gasteiger partial charge on any atom is -0.356 e. The van der Waals surface area contributed by atoms with Crippen molar-refractivity contribution in [1.82, 2.24) is 0 Å². The van der Waals surface area contributed by atoms with Gasteiger partial charge in [-0.15, -0.1) is 0 Å². The van der Waals surface area contributed by atoms with E-state index < -0.39 is 0 Å². The van der Waals surface area contributed by atoms with Gasteiger partial charge in [-0.05, 0) is 30.2 Å².